The number of Topliss-reactive ketones (excluding diaryl/α,β-unsaturated/α-hetero) is 1. The number of hydrogen-bond acceptors (Lipinski definition) is 4. The van der Waals surface area contributed by atoms with E-state index in [9.17, 15) is 14.4 Å². The van der Waals surface area contributed by atoms with E-state index in [1.54, 1.807) is 38.1 Å². The van der Waals surface area contributed by atoms with Gasteiger partial charge in [-0.25, -0.2) is 4.79 Å². The smallest absolute Gasteiger partial charge is 0.333 e. The average Bonchev–Trinajstić information content (AvgIpc) is 2.87. The Morgan fingerprint density at radius 3 is 2.25 bits per heavy atom. The van der Waals surface area contributed by atoms with Gasteiger partial charge in [-0.1, -0.05) is 30.3 Å². The highest BCUT2D eigenvalue weighted by atomic mass is 16.5. The van der Waals surface area contributed by atoms with Crippen LogP contribution in [0.4, 0.5) is 0 Å². The molecule has 126 valence electrons. The van der Waals surface area contributed by atoms with E-state index in [0.29, 0.717) is 22.4 Å². The molecule has 0 saturated carbocycles. The number of rotatable bonds is 5. The quantitative estimate of drug-likeness (QED) is 0.652. The SMILES string of the molecule is COC(=O)C(NC(=O)c1[nH]c(C)c(C(C)=O)c1C)c1ccccc1. The zero-order chi connectivity index (χ0) is 17.9. The first kappa shape index (κ1) is 17.5. The van der Waals surface area contributed by atoms with Gasteiger partial charge in [0, 0.05) is 11.3 Å². The molecule has 1 aromatic heterocycles. The molecule has 1 atom stereocenters. The van der Waals surface area contributed by atoms with Crippen molar-refractivity contribution in [3.8, 4) is 0 Å². The van der Waals surface area contributed by atoms with Gasteiger partial charge < -0.3 is 15.0 Å². The molecule has 2 aromatic rings. The molecule has 1 unspecified atom stereocenters. The second-order valence-electron chi connectivity index (χ2n) is 5.52. The molecule has 2 rings (SSSR count). The van der Waals surface area contributed by atoms with Crippen LogP contribution in [0.15, 0.2) is 30.3 Å². The standard InChI is InChI=1S/C18H20N2O4/c1-10-14(12(3)21)11(2)19-15(10)17(22)20-16(18(23)24-4)13-8-6-5-7-9-13/h5-9,16,19H,1-4H3,(H,20,22). The lowest BCUT2D eigenvalue weighted by atomic mass is 10.1. The van der Waals surface area contributed by atoms with E-state index < -0.39 is 17.9 Å². The van der Waals surface area contributed by atoms with Gasteiger partial charge in [0.2, 0.25) is 0 Å². The summed E-state index contributed by atoms with van der Waals surface area (Å²) in [5.74, 6) is -1.16. The average molecular weight is 328 g/mol. The summed E-state index contributed by atoms with van der Waals surface area (Å²) >= 11 is 0. The molecule has 0 aliphatic heterocycles. The third-order valence-electron chi connectivity index (χ3n) is 3.86. The number of aryl methyl sites for hydroxylation is 1. The molecule has 0 saturated heterocycles. The minimum Gasteiger partial charge on any atom is -0.467 e. The summed E-state index contributed by atoms with van der Waals surface area (Å²) in [4.78, 5) is 39.3. The number of esters is 1. The number of carbonyl (C=O) groups is 3. The molecular weight excluding hydrogens is 308 g/mol. The first-order valence-electron chi connectivity index (χ1n) is 7.50. The number of benzene rings is 1. The van der Waals surface area contributed by atoms with Crippen LogP contribution in [-0.2, 0) is 9.53 Å². The molecule has 1 heterocycles. The fourth-order valence-electron chi connectivity index (χ4n) is 2.75. The van der Waals surface area contributed by atoms with E-state index in [1.807, 2.05) is 6.07 Å². The molecule has 0 aliphatic rings. The van der Waals surface area contributed by atoms with Gasteiger partial charge in [0.1, 0.15) is 5.69 Å². The van der Waals surface area contributed by atoms with Crippen molar-refractivity contribution < 1.29 is 19.1 Å². The van der Waals surface area contributed by atoms with Gasteiger partial charge in [0.05, 0.1) is 7.11 Å². The van der Waals surface area contributed by atoms with Crippen molar-refractivity contribution in [2.24, 2.45) is 0 Å². The van der Waals surface area contributed by atoms with E-state index in [1.165, 1.54) is 14.0 Å². The number of hydrogen-bond donors (Lipinski definition) is 2. The van der Waals surface area contributed by atoms with Crippen LogP contribution in [0.3, 0.4) is 0 Å². The van der Waals surface area contributed by atoms with E-state index in [0.717, 1.165) is 0 Å². The van der Waals surface area contributed by atoms with Gasteiger partial charge in [-0.2, -0.15) is 0 Å². The molecule has 0 fully saturated rings. The molecule has 0 aliphatic carbocycles. The van der Waals surface area contributed by atoms with Crippen molar-refractivity contribution in [2.75, 3.05) is 7.11 Å². The molecular formula is C18H20N2O4. The molecule has 6 nitrogen and oxygen atoms in total. The number of nitrogens with one attached hydrogen (secondary N) is 2. The van der Waals surface area contributed by atoms with Crippen molar-refractivity contribution in [3.63, 3.8) is 0 Å². The van der Waals surface area contributed by atoms with Crippen LogP contribution in [0.25, 0.3) is 0 Å². The Bertz CT molecular complexity index is 778. The Morgan fingerprint density at radius 1 is 1.12 bits per heavy atom. The van der Waals surface area contributed by atoms with Crippen molar-refractivity contribution in [1.29, 1.82) is 0 Å². The number of ketones is 1. The Kier molecular flexibility index (Phi) is 5.18. The third kappa shape index (κ3) is 3.37. The lowest BCUT2D eigenvalue weighted by Crippen LogP contribution is -2.35. The summed E-state index contributed by atoms with van der Waals surface area (Å²) in [6, 6.07) is 7.90. The lowest BCUT2D eigenvalue weighted by Gasteiger charge is -2.16. The van der Waals surface area contributed by atoms with Crippen molar-refractivity contribution in [1.82, 2.24) is 10.3 Å². The first-order chi connectivity index (χ1) is 11.4. The second-order valence-corrected chi connectivity index (χ2v) is 5.52. The van der Waals surface area contributed by atoms with Crippen LogP contribution in [0.2, 0.25) is 0 Å². The van der Waals surface area contributed by atoms with Gasteiger partial charge in [-0.05, 0) is 31.9 Å². The summed E-state index contributed by atoms with van der Waals surface area (Å²) in [5.41, 5.74) is 2.57. The molecule has 0 bridgehead atoms. The molecule has 2 N–H and O–H groups in total. The van der Waals surface area contributed by atoms with Crippen LogP contribution >= 0.6 is 0 Å². The van der Waals surface area contributed by atoms with Gasteiger partial charge in [-0.3, -0.25) is 9.59 Å². The monoisotopic (exact) mass is 328 g/mol. The van der Waals surface area contributed by atoms with Crippen LogP contribution in [0.1, 0.15) is 50.6 Å². The third-order valence-corrected chi connectivity index (χ3v) is 3.86. The highest BCUT2D eigenvalue weighted by molar-refractivity contribution is 6.03. The maximum absolute atomic E-state index is 12.6. The van der Waals surface area contributed by atoms with E-state index >= 15 is 0 Å². The van der Waals surface area contributed by atoms with Gasteiger partial charge >= 0.3 is 5.97 Å². The molecule has 0 spiro atoms. The van der Waals surface area contributed by atoms with Crippen molar-refractivity contribution >= 4 is 17.7 Å². The Balaban J connectivity index is 2.34. The Morgan fingerprint density at radius 2 is 1.75 bits per heavy atom. The number of amides is 1. The van der Waals surface area contributed by atoms with Crippen LogP contribution in [0, 0.1) is 13.8 Å². The second kappa shape index (κ2) is 7.12. The number of carbonyl (C=O) groups excluding carboxylic acids is 3. The molecule has 1 aromatic carbocycles. The molecule has 6 heteroatoms. The van der Waals surface area contributed by atoms with E-state index in [4.69, 9.17) is 4.74 Å². The summed E-state index contributed by atoms with van der Waals surface area (Å²) in [7, 11) is 1.27. The zero-order valence-electron chi connectivity index (χ0n) is 14.1. The topological polar surface area (TPSA) is 88.3 Å². The van der Waals surface area contributed by atoms with Crippen molar-refractivity contribution in [2.45, 2.75) is 26.8 Å². The maximum Gasteiger partial charge on any atom is 0.333 e. The van der Waals surface area contributed by atoms with Gasteiger partial charge in [-0.15, -0.1) is 0 Å². The number of aromatic nitrogens is 1. The highest BCUT2D eigenvalue weighted by Gasteiger charge is 2.26. The lowest BCUT2D eigenvalue weighted by molar-refractivity contribution is -0.143. The zero-order valence-corrected chi connectivity index (χ0v) is 14.1. The van der Waals surface area contributed by atoms with E-state index in [2.05, 4.69) is 10.3 Å². The largest absolute Gasteiger partial charge is 0.467 e. The van der Waals surface area contributed by atoms with Crippen LogP contribution in [-0.4, -0.2) is 29.8 Å². The van der Waals surface area contributed by atoms with Crippen LogP contribution < -0.4 is 5.32 Å². The number of ether oxygens (including phenoxy) is 1. The molecule has 1 amide bonds. The highest BCUT2D eigenvalue weighted by Crippen LogP contribution is 2.20. The maximum atomic E-state index is 12.6. The van der Waals surface area contributed by atoms with Gasteiger partial charge in [0.15, 0.2) is 11.8 Å². The number of H-pyrrole nitrogens is 1. The summed E-state index contributed by atoms with van der Waals surface area (Å²) in [6.45, 7) is 4.88. The van der Waals surface area contributed by atoms with Crippen molar-refractivity contribution in [3.05, 3.63) is 58.4 Å². The minimum atomic E-state index is -0.924. The van der Waals surface area contributed by atoms with E-state index in [-0.39, 0.29) is 11.5 Å². The van der Waals surface area contributed by atoms with Crippen LogP contribution in [0.5, 0.6) is 0 Å². The van der Waals surface area contributed by atoms with Gasteiger partial charge in [0.25, 0.3) is 5.91 Å². The predicted molar refractivity (Wildman–Crippen MR) is 88.9 cm³/mol. The number of methoxy groups -OCH3 is 1. The minimum absolute atomic E-state index is 0.118. The first-order valence-corrected chi connectivity index (χ1v) is 7.50. The Hall–Kier alpha value is -2.89. The summed E-state index contributed by atoms with van der Waals surface area (Å²) in [6.07, 6.45) is 0. The molecule has 0 radical (unpaired) electrons. The fourth-order valence-corrected chi connectivity index (χ4v) is 2.75. The molecule has 24 heavy (non-hydrogen) atoms. The Labute approximate surface area is 140 Å². The predicted octanol–water partition coefficient (Wildman–Crippen LogP) is 2.48. The summed E-state index contributed by atoms with van der Waals surface area (Å²) < 4.78 is 4.78. The summed E-state index contributed by atoms with van der Waals surface area (Å²) in [5, 5.41) is 2.66. The normalized spacial score (nSPS) is 11.7. The number of aromatic amines is 1. The fraction of sp³-hybridized carbons (Fsp3) is 0.278.